The lowest BCUT2D eigenvalue weighted by molar-refractivity contribution is 0.111. The molecule has 84 valence electrons. The Balaban J connectivity index is 2.31. The van der Waals surface area contributed by atoms with Crippen LogP contribution in [0.1, 0.15) is 37.7 Å². The Morgan fingerprint density at radius 1 is 1.33 bits per heavy atom. The molecule has 0 atom stereocenters. The molecule has 0 aliphatic heterocycles. The summed E-state index contributed by atoms with van der Waals surface area (Å²) in [6, 6.07) is 1.74. The molecule has 0 radical (unpaired) electrons. The van der Waals surface area contributed by atoms with Gasteiger partial charge in [0.05, 0.1) is 0 Å². The van der Waals surface area contributed by atoms with Crippen molar-refractivity contribution in [3.05, 3.63) is 22.7 Å². The van der Waals surface area contributed by atoms with Crippen LogP contribution in [0.25, 0.3) is 0 Å². The molecule has 15 heavy (non-hydrogen) atoms. The van der Waals surface area contributed by atoms with E-state index in [-0.39, 0.29) is 0 Å². The second kappa shape index (κ2) is 6.75. The molecule has 1 aromatic rings. The molecule has 3 nitrogen and oxygen atoms in total. The lowest BCUT2D eigenvalue weighted by atomic mass is 10.3. The van der Waals surface area contributed by atoms with Gasteiger partial charge < -0.3 is 4.74 Å². The van der Waals surface area contributed by atoms with E-state index in [0.717, 1.165) is 18.7 Å². The van der Waals surface area contributed by atoms with Crippen LogP contribution in [0.4, 0.5) is 0 Å². The summed E-state index contributed by atoms with van der Waals surface area (Å²) in [5.41, 5.74) is 0.877. The summed E-state index contributed by atoms with van der Waals surface area (Å²) in [5.74, 6) is 0.663. The molecule has 0 amide bonds. The van der Waals surface area contributed by atoms with E-state index in [4.69, 9.17) is 16.3 Å². The van der Waals surface area contributed by atoms with Crippen LogP contribution in [0.2, 0.25) is 5.15 Å². The van der Waals surface area contributed by atoms with Crippen LogP contribution in [-0.2, 0) is 11.3 Å². The fourth-order valence-electron chi connectivity index (χ4n) is 1.27. The van der Waals surface area contributed by atoms with E-state index in [1.54, 1.807) is 6.07 Å². The van der Waals surface area contributed by atoms with E-state index < -0.39 is 0 Å². The van der Waals surface area contributed by atoms with Crippen LogP contribution in [0, 0.1) is 6.92 Å². The minimum atomic E-state index is 0.450. The number of hydrogen-bond donors (Lipinski definition) is 0. The zero-order chi connectivity index (χ0) is 11.1. The zero-order valence-corrected chi connectivity index (χ0v) is 10.0. The molecule has 1 heterocycles. The van der Waals surface area contributed by atoms with Crippen molar-refractivity contribution in [3.63, 3.8) is 0 Å². The minimum absolute atomic E-state index is 0.450. The summed E-state index contributed by atoms with van der Waals surface area (Å²) < 4.78 is 5.45. The molecule has 1 rings (SSSR count). The van der Waals surface area contributed by atoms with Gasteiger partial charge in [-0.15, -0.1) is 0 Å². The first kappa shape index (κ1) is 12.4. The molecule has 0 fully saturated rings. The monoisotopic (exact) mass is 228 g/mol. The predicted octanol–water partition coefficient (Wildman–Crippen LogP) is 3.15. The van der Waals surface area contributed by atoms with Crippen LogP contribution in [0.15, 0.2) is 6.07 Å². The molecule has 1 aromatic heterocycles. The van der Waals surface area contributed by atoms with Gasteiger partial charge in [0.25, 0.3) is 0 Å². The number of rotatable bonds is 6. The molecular formula is C11H17ClN2O. The summed E-state index contributed by atoms with van der Waals surface area (Å²) in [6.07, 6.45) is 3.50. The van der Waals surface area contributed by atoms with Gasteiger partial charge in [-0.05, 0) is 19.4 Å². The Labute approximate surface area is 95.8 Å². The first-order chi connectivity index (χ1) is 7.22. The highest BCUT2D eigenvalue weighted by atomic mass is 35.5. The Bertz CT molecular complexity index is 284. The summed E-state index contributed by atoms with van der Waals surface area (Å²) in [6.45, 7) is 5.28. The van der Waals surface area contributed by atoms with Crippen LogP contribution in [0.5, 0.6) is 0 Å². The molecule has 0 aromatic carbocycles. The molecule has 0 unspecified atom stereocenters. The van der Waals surface area contributed by atoms with Gasteiger partial charge in [0, 0.05) is 12.3 Å². The third-order valence-electron chi connectivity index (χ3n) is 1.99. The fraction of sp³-hybridized carbons (Fsp3) is 0.636. The molecule has 0 aliphatic carbocycles. The van der Waals surface area contributed by atoms with Crippen LogP contribution in [-0.4, -0.2) is 16.6 Å². The fourth-order valence-corrected chi connectivity index (χ4v) is 1.53. The Kier molecular flexibility index (Phi) is 5.58. The normalized spacial score (nSPS) is 10.6. The number of ether oxygens (including phenoxy) is 1. The molecule has 0 bridgehead atoms. The maximum atomic E-state index is 5.81. The van der Waals surface area contributed by atoms with Gasteiger partial charge in [-0.3, -0.25) is 0 Å². The van der Waals surface area contributed by atoms with Crippen LogP contribution < -0.4 is 0 Å². The van der Waals surface area contributed by atoms with E-state index in [2.05, 4.69) is 16.9 Å². The van der Waals surface area contributed by atoms with Gasteiger partial charge in [0.2, 0.25) is 0 Å². The van der Waals surface area contributed by atoms with Gasteiger partial charge in [-0.1, -0.05) is 31.4 Å². The largest absolute Gasteiger partial charge is 0.373 e. The lowest BCUT2D eigenvalue weighted by Gasteiger charge is -2.03. The molecule has 0 saturated carbocycles. The second-order valence-corrected chi connectivity index (χ2v) is 3.90. The first-order valence-electron chi connectivity index (χ1n) is 5.30. The third kappa shape index (κ3) is 5.09. The van der Waals surface area contributed by atoms with Crippen molar-refractivity contribution in [2.45, 2.75) is 39.7 Å². The quantitative estimate of drug-likeness (QED) is 0.554. The molecule has 0 aliphatic rings. The van der Waals surface area contributed by atoms with Crippen molar-refractivity contribution in [1.82, 2.24) is 9.97 Å². The van der Waals surface area contributed by atoms with E-state index in [1.807, 2.05) is 6.92 Å². The number of aryl methyl sites for hydroxylation is 1. The molecule has 0 spiro atoms. The maximum Gasteiger partial charge on any atom is 0.155 e. The van der Waals surface area contributed by atoms with Crippen molar-refractivity contribution in [3.8, 4) is 0 Å². The Morgan fingerprint density at radius 3 is 2.80 bits per heavy atom. The first-order valence-corrected chi connectivity index (χ1v) is 5.68. The highest BCUT2D eigenvalue weighted by Gasteiger charge is 2.00. The van der Waals surface area contributed by atoms with Crippen molar-refractivity contribution in [1.29, 1.82) is 0 Å². The molecule has 0 saturated heterocycles. The van der Waals surface area contributed by atoms with Gasteiger partial charge in [0.15, 0.2) is 5.82 Å². The third-order valence-corrected chi connectivity index (χ3v) is 2.19. The van der Waals surface area contributed by atoms with E-state index >= 15 is 0 Å². The smallest absolute Gasteiger partial charge is 0.155 e. The summed E-state index contributed by atoms with van der Waals surface area (Å²) in [4.78, 5) is 8.31. The number of aromatic nitrogens is 2. The topological polar surface area (TPSA) is 35.0 Å². The Hall–Kier alpha value is -0.670. The number of nitrogens with zero attached hydrogens (tertiary/aromatic N) is 2. The number of halogens is 1. The minimum Gasteiger partial charge on any atom is -0.373 e. The average molecular weight is 229 g/mol. The zero-order valence-electron chi connectivity index (χ0n) is 9.29. The Morgan fingerprint density at radius 2 is 2.13 bits per heavy atom. The van der Waals surface area contributed by atoms with Crippen molar-refractivity contribution in [2.24, 2.45) is 0 Å². The van der Waals surface area contributed by atoms with Crippen molar-refractivity contribution in [2.75, 3.05) is 6.61 Å². The second-order valence-electron chi connectivity index (χ2n) is 3.51. The van der Waals surface area contributed by atoms with Gasteiger partial charge in [0.1, 0.15) is 11.8 Å². The highest BCUT2D eigenvalue weighted by Crippen LogP contribution is 2.07. The lowest BCUT2D eigenvalue weighted by Crippen LogP contribution is -2.01. The van der Waals surface area contributed by atoms with Gasteiger partial charge in [-0.2, -0.15) is 0 Å². The standard InChI is InChI=1S/C11H17ClN2O/c1-3-4-5-6-15-8-11-13-9(2)7-10(12)14-11/h7H,3-6,8H2,1-2H3. The molecule has 0 N–H and O–H groups in total. The number of hydrogen-bond acceptors (Lipinski definition) is 3. The molecular weight excluding hydrogens is 212 g/mol. The van der Waals surface area contributed by atoms with Crippen LogP contribution >= 0.6 is 11.6 Å². The van der Waals surface area contributed by atoms with E-state index in [1.165, 1.54) is 12.8 Å². The molecule has 4 heteroatoms. The SMILES string of the molecule is CCCCCOCc1nc(C)cc(Cl)n1. The highest BCUT2D eigenvalue weighted by molar-refractivity contribution is 6.29. The van der Waals surface area contributed by atoms with E-state index in [9.17, 15) is 0 Å². The van der Waals surface area contributed by atoms with Crippen molar-refractivity contribution >= 4 is 11.6 Å². The summed E-state index contributed by atoms with van der Waals surface area (Å²) >= 11 is 5.81. The van der Waals surface area contributed by atoms with Gasteiger partial charge >= 0.3 is 0 Å². The predicted molar refractivity (Wildman–Crippen MR) is 61.0 cm³/mol. The van der Waals surface area contributed by atoms with E-state index in [0.29, 0.717) is 17.6 Å². The number of unbranched alkanes of at least 4 members (excludes halogenated alkanes) is 2. The maximum absolute atomic E-state index is 5.81. The van der Waals surface area contributed by atoms with Gasteiger partial charge in [-0.25, -0.2) is 9.97 Å². The average Bonchev–Trinajstić information content (AvgIpc) is 2.16. The summed E-state index contributed by atoms with van der Waals surface area (Å²) in [5, 5.41) is 0.481. The summed E-state index contributed by atoms with van der Waals surface area (Å²) in [7, 11) is 0. The van der Waals surface area contributed by atoms with Crippen LogP contribution in [0.3, 0.4) is 0 Å². The van der Waals surface area contributed by atoms with Crippen molar-refractivity contribution < 1.29 is 4.74 Å².